The zero-order valence-electron chi connectivity index (χ0n) is 15.2. The van der Waals surface area contributed by atoms with E-state index < -0.39 is 5.66 Å². The van der Waals surface area contributed by atoms with Gasteiger partial charge in [-0.15, -0.1) is 0 Å². The molecule has 2 aliphatic heterocycles. The van der Waals surface area contributed by atoms with Crippen LogP contribution in [-0.2, 0) is 6.54 Å². The molecule has 1 spiro atoms. The predicted molar refractivity (Wildman–Crippen MR) is 103 cm³/mol. The van der Waals surface area contributed by atoms with Gasteiger partial charge in [-0.25, -0.2) is 0 Å². The van der Waals surface area contributed by atoms with Crippen LogP contribution in [0.4, 0.5) is 11.4 Å². The fourth-order valence-electron chi connectivity index (χ4n) is 3.95. The quantitative estimate of drug-likeness (QED) is 0.644. The van der Waals surface area contributed by atoms with E-state index in [0.717, 1.165) is 42.7 Å². The van der Waals surface area contributed by atoms with E-state index in [1.54, 1.807) is 12.1 Å². The van der Waals surface area contributed by atoms with Gasteiger partial charge >= 0.3 is 0 Å². The summed E-state index contributed by atoms with van der Waals surface area (Å²) in [6.07, 6.45) is 1.56. The van der Waals surface area contributed by atoms with Gasteiger partial charge < -0.3 is 10.6 Å². The third-order valence-corrected chi connectivity index (χ3v) is 5.47. The Morgan fingerprint density at radius 3 is 2.63 bits per heavy atom. The number of nitrogens with one attached hydrogen (secondary N) is 2. The molecule has 1 amide bonds. The van der Waals surface area contributed by atoms with Crippen LogP contribution in [0.2, 0.25) is 0 Å². The maximum atomic E-state index is 12.6. The van der Waals surface area contributed by atoms with E-state index in [2.05, 4.69) is 15.5 Å². The number of likely N-dealkylation sites (tertiary alicyclic amines) is 1. The summed E-state index contributed by atoms with van der Waals surface area (Å²) in [4.78, 5) is 25.4. The number of para-hydroxylation sites is 1. The lowest BCUT2D eigenvalue weighted by atomic mass is 9.91. The van der Waals surface area contributed by atoms with Crippen molar-refractivity contribution in [3.63, 3.8) is 0 Å². The summed E-state index contributed by atoms with van der Waals surface area (Å²) in [7, 11) is 0. The summed E-state index contributed by atoms with van der Waals surface area (Å²) in [5.41, 5.74) is 3.32. The third kappa shape index (κ3) is 3.38. The molecule has 2 aromatic rings. The Labute approximate surface area is 157 Å². The number of nitrogens with zero attached hydrogens (tertiary/aromatic N) is 2. The molecule has 0 atom stereocenters. The minimum Gasteiger partial charge on any atom is -0.362 e. The van der Waals surface area contributed by atoms with Crippen molar-refractivity contribution in [2.45, 2.75) is 32.0 Å². The molecule has 2 heterocycles. The number of hydrogen-bond donors (Lipinski definition) is 2. The van der Waals surface area contributed by atoms with Crippen molar-refractivity contribution in [2.75, 3.05) is 18.4 Å². The molecule has 0 unspecified atom stereocenters. The fraction of sp³-hybridized carbons (Fsp3) is 0.350. The first kappa shape index (κ1) is 17.5. The second kappa shape index (κ2) is 6.66. The van der Waals surface area contributed by atoms with Crippen molar-refractivity contribution >= 4 is 17.3 Å². The molecule has 4 rings (SSSR count). The van der Waals surface area contributed by atoms with Crippen molar-refractivity contribution in [2.24, 2.45) is 0 Å². The van der Waals surface area contributed by atoms with Crippen LogP contribution in [0.15, 0.2) is 42.5 Å². The van der Waals surface area contributed by atoms with Gasteiger partial charge in [-0.2, -0.15) is 0 Å². The molecule has 2 aliphatic rings. The van der Waals surface area contributed by atoms with Gasteiger partial charge in [0.2, 0.25) is 0 Å². The molecule has 140 valence electrons. The SMILES string of the molecule is Cc1cccc2c1NC1(CCN(Cc3cccc([N+](=O)[O-])c3)CC1)NC2=O. The highest BCUT2D eigenvalue weighted by molar-refractivity contribution is 6.02. The molecule has 1 fully saturated rings. The van der Waals surface area contributed by atoms with Crippen LogP contribution in [0.5, 0.6) is 0 Å². The van der Waals surface area contributed by atoms with E-state index in [9.17, 15) is 14.9 Å². The Kier molecular flexibility index (Phi) is 4.31. The van der Waals surface area contributed by atoms with Crippen molar-refractivity contribution in [1.82, 2.24) is 10.2 Å². The van der Waals surface area contributed by atoms with Gasteiger partial charge in [0.15, 0.2) is 0 Å². The molecule has 1 saturated heterocycles. The van der Waals surface area contributed by atoms with Crippen LogP contribution >= 0.6 is 0 Å². The summed E-state index contributed by atoms with van der Waals surface area (Å²) in [6.45, 7) is 4.28. The number of carbonyl (C=O) groups is 1. The first-order chi connectivity index (χ1) is 13.0. The minimum atomic E-state index is -0.421. The highest BCUT2D eigenvalue weighted by Gasteiger charge is 2.40. The van der Waals surface area contributed by atoms with Crippen LogP contribution in [0.25, 0.3) is 0 Å². The van der Waals surface area contributed by atoms with E-state index in [4.69, 9.17) is 0 Å². The minimum absolute atomic E-state index is 0.0282. The molecule has 7 heteroatoms. The Balaban J connectivity index is 1.45. The standard InChI is InChI=1S/C20H22N4O3/c1-14-4-2-7-17-18(14)21-20(22-19(17)25)8-10-23(11-9-20)13-15-5-3-6-16(12-15)24(26)27/h2-7,12,21H,8-11,13H2,1H3,(H,22,25). The number of piperidine rings is 1. The molecular weight excluding hydrogens is 344 g/mol. The number of rotatable bonds is 3. The zero-order chi connectivity index (χ0) is 19.0. The van der Waals surface area contributed by atoms with Gasteiger partial charge in [-0.1, -0.05) is 24.3 Å². The fourth-order valence-corrected chi connectivity index (χ4v) is 3.95. The van der Waals surface area contributed by atoms with Crippen molar-refractivity contribution in [3.8, 4) is 0 Å². The average molecular weight is 366 g/mol. The molecule has 27 heavy (non-hydrogen) atoms. The van der Waals surface area contributed by atoms with E-state index >= 15 is 0 Å². The molecule has 2 aromatic carbocycles. The molecule has 2 N–H and O–H groups in total. The summed E-state index contributed by atoms with van der Waals surface area (Å²) < 4.78 is 0. The molecule has 7 nitrogen and oxygen atoms in total. The maximum Gasteiger partial charge on any atom is 0.269 e. The van der Waals surface area contributed by atoms with Gasteiger partial charge in [-0.05, 0) is 24.1 Å². The number of anilines is 1. The Morgan fingerprint density at radius 1 is 1.15 bits per heavy atom. The van der Waals surface area contributed by atoms with Crippen LogP contribution in [0, 0.1) is 17.0 Å². The van der Waals surface area contributed by atoms with Crippen molar-refractivity contribution < 1.29 is 9.72 Å². The van der Waals surface area contributed by atoms with Crippen LogP contribution in [0.3, 0.4) is 0 Å². The monoisotopic (exact) mass is 366 g/mol. The summed E-state index contributed by atoms with van der Waals surface area (Å²) in [5.74, 6) is -0.0282. The Bertz CT molecular complexity index is 904. The van der Waals surface area contributed by atoms with Gasteiger partial charge in [0.25, 0.3) is 11.6 Å². The number of carbonyl (C=O) groups excluding carboxylic acids is 1. The van der Waals surface area contributed by atoms with Crippen molar-refractivity contribution in [3.05, 3.63) is 69.3 Å². The molecule has 0 bridgehead atoms. The molecule has 0 saturated carbocycles. The number of fused-ring (bicyclic) bond motifs is 1. The average Bonchev–Trinajstić information content (AvgIpc) is 2.65. The number of nitro groups is 1. The maximum absolute atomic E-state index is 12.6. The van der Waals surface area contributed by atoms with Crippen molar-refractivity contribution in [1.29, 1.82) is 0 Å². The largest absolute Gasteiger partial charge is 0.362 e. The summed E-state index contributed by atoms with van der Waals surface area (Å²) in [5, 5.41) is 17.7. The lowest BCUT2D eigenvalue weighted by molar-refractivity contribution is -0.384. The molecule has 0 aliphatic carbocycles. The topological polar surface area (TPSA) is 87.5 Å². The first-order valence-electron chi connectivity index (χ1n) is 9.12. The number of benzene rings is 2. The van der Waals surface area contributed by atoms with E-state index in [-0.39, 0.29) is 16.5 Å². The van der Waals surface area contributed by atoms with Gasteiger partial charge in [0.1, 0.15) is 5.66 Å². The highest BCUT2D eigenvalue weighted by atomic mass is 16.6. The lowest BCUT2D eigenvalue weighted by Gasteiger charge is -2.46. The van der Waals surface area contributed by atoms with Gasteiger partial charge in [-0.3, -0.25) is 19.8 Å². The van der Waals surface area contributed by atoms with E-state index in [1.807, 2.05) is 31.2 Å². The van der Waals surface area contributed by atoms with E-state index in [1.165, 1.54) is 6.07 Å². The number of hydrogen-bond acceptors (Lipinski definition) is 5. The van der Waals surface area contributed by atoms with E-state index in [0.29, 0.717) is 12.1 Å². The third-order valence-electron chi connectivity index (χ3n) is 5.47. The smallest absolute Gasteiger partial charge is 0.269 e. The second-order valence-electron chi connectivity index (χ2n) is 7.36. The van der Waals surface area contributed by atoms with Gasteiger partial charge in [0, 0.05) is 44.6 Å². The Morgan fingerprint density at radius 2 is 1.89 bits per heavy atom. The normalized spacial score (nSPS) is 18.5. The van der Waals surface area contributed by atoms with Crippen LogP contribution in [0.1, 0.15) is 34.3 Å². The number of non-ortho nitro benzene ring substituents is 1. The molecule has 0 radical (unpaired) electrons. The summed E-state index contributed by atoms with van der Waals surface area (Å²) >= 11 is 0. The number of amides is 1. The number of aryl methyl sites for hydroxylation is 1. The highest BCUT2D eigenvalue weighted by Crippen LogP contribution is 2.33. The number of nitro benzene ring substituents is 1. The molecular formula is C20H22N4O3. The second-order valence-corrected chi connectivity index (χ2v) is 7.36. The predicted octanol–water partition coefficient (Wildman–Crippen LogP) is 3.05. The molecule has 0 aromatic heterocycles. The van der Waals surface area contributed by atoms with Gasteiger partial charge in [0.05, 0.1) is 16.2 Å². The van der Waals surface area contributed by atoms with Crippen LogP contribution in [-0.4, -0.2) is 34.5 Å². The Hall–Kier alpha value is -2.93. The van der Waals surface area contributed by atoms with Crippen LogP contribution < -0.4 is 10.6 Å². The first-order valence-corrected chi connectivity index (χ1v) is 9.12. The summed E-state index contributed by atoms with van der Waals surface area (Å²) in [6, 6.07) is 12.5. The lowest BCUT2D eigenvalue weighted by Crippen LogP contribution is -2.62. The zero-order valence-corrected chi connectivity index (χ0v) is 15.2.